The maximum atomic E-state index is 3.54. The Kier molecular flexibility index (Phi) is 7.21. The van der Waals surface area contributed by atoms with Crippen molar-refractivity contribution in [1.29, 1.82) is 0 Å². The van der Waals surface area contributed by atoms with Crippen LogP contribution in [0.1, 0.15) is 66.7 Å². The molecule has 130 valence electrons. The van der Waals surface area contributed by atoms with Gasteiger partial charge < -0.3 is 10.2 Å². The van der Waals surface area contributed by atoms with Crippen LogP contribution >= 0.6 is 0 Å². The second-order valence-electron chi connectivity index (χ2n) is 8.66. The van der Waals surface area contributed by atoms with Gasteiger partial charge in [-0.3, -0.25) is 0 Å². The van der Waals surface area contributed by atoms with Gasteiger partial charge in [-0.1, -0.05) is 27.7 Å². The molecule has 22 heavy (non-hydrogen) atoms. The van der Waals surface area contributed by atoms with Gasteiger partial charge in [-0.2, -0.15) is 0 Å². The molecule has 0 radical (unpaired) electrons. The second kappa shape index (κ2) is 8.68. The van der Waals surface area contributed by atoms with Gasteiger partial charge in [-0.15, -0.1) is 0 Å². The van der Waals surface area contributed by atoms with Crippen LogP contribution in [-0.2, 0) is 0 Å². The summed E-state index contributed by atoms with van der Waals surface area (Å²) >= 11 is 0. The Labute approximate surface area is 139 Å². The molecule has 0 bridgehead atoms. The van der Waals surface area contributed by atoms with Crippen LogP contribution in [-0.4, -0.2) is 37.1 Å². The molecule has 0 spiro atoms. The van der Waals surface area contributed by atoms with Crippen molar-refractivity contribution in [3.8, 4) is 0 Å². The fourth-order valence-electron chi connectivity index (χ4n) is 4.81. The van der Waals surface area contributed by atoms with Gasteiger partial charge in [-0.05, 0) is 94.8 Å². The minimum absolute atomic E-state index is 0.785. The van der Waals surface area contributed by atoms with Crippen molar-refractivity contribution >= 4 is 0 Å². The van der Waals surface area contributed by atoms with Gasteiger partial charge >= 0.3 is 0 Å². The molecular weight excluding hydrogens is 268 g/mol. The van der Waals surface area contributed by atoms with E-state index in [-0.39, 0.29) is 0 Å². The van der Waals surface area contributed by atoms with Crippen LogP contribution < -0.4 is 5.32 Å². The number of hydrogen-bond acceptors (Lipinski definition) is 2. The fourth-order valence-corrected chi connectivity index (χ4v) is 4.81. The van der Waals surface area contributed by atoms with Gasteiger partial charge in [0.2, 0.25) is 0 Å². The number of rotatable bonds is 6. The van der Waals surface area contributed by atoms with Crippen LogP contribution in [0.3, 0.4) is 0 Å². The Bertz CT molecular complexity index is 307. The first-order valence-electron chi connectivity index (χ1n) is 9.93. The maximum Gasteiger partial charge on any atom is 0.00670 e. The molecule has 2 heteroatoms. The topological polar surface area (TPSA) is 15.3 Å². The lowest BCUT2D eigenvalue weighted by Gasteiger charge is -2.39. The van der Waals surface area contributed by atoms with E-state index in [4.69, 9.17) is 0 Å². The SMILES string of the molecule is CC(C)C1CCN(C(C)CCC(C)C2CCNCC2C)CC1. The van der Waals surface area contributed by atoms with Crippen LogP contribution in [0.5, 0.6) is 0 Å². The molecule has 0 aromatic rings. The maximum absolute atomic E-state index is 3.54. The zero-order valence-electron chi connectivity index (χ0n) is 15.8. The van der Waals surface area contributed by atoms with Crippen LogP contribution in [0.2, 0.25) is 0 Å². The van der Waals surface area contributed by atoms with Crippen molar-refractivity contribution in [2.45, 2.75) is 72.8 Å². The van der Waals surface area contributed by atoms with E-state index in [9.17, 15) is 0 Å². The van der Waals surface area contributed by atoms with E-state index in [1.807, 2.05) is 0 Å². The highest BCUT2D eigenvalue weighted by atomic mass is 15.2. The Morgan fingerprint density at radius 2 is 1.68 bits per heavy atom. The summed E-state index contributed by atoms with van der Waals surface area (Å²) < 4.78 is 0. The molecule has 0 aromatic heterocycles. The highest BCUT2D eigenvalue weighted by molar-refractivity contribution is 4.81. The van der Waals surface area contributed by atoms with Crippen LogP contribution in [0, 0.1) is 29.6 Å². The molecule has 0 aliphatic carbocycles. The largest absolute Gasteiger partial charge is 0.316 e. The number of likely N-dealkylation sites (tertiary alicyclic amines) is 1. The first kappa shape index (κ1) is 18.3. The smallest absolute Gasteiger partial charge is 0.00670 e. The molecule has 2 rings (SSSR count). The van der Waals surface area contributed by atoms with E-state index in [0.29, 0.717) is 0 Å². The van der Waals surface area contributed by atoms with Gasteiger partial charge in [-0.25, -0.2) is 0 Å². The van der Waals surface area contributed by atoms with Crippen molar-refractivity contribution in [2.24, 2.45) is 29.6 Å². The zero-order chi connectivity index (χ0) is 16.1. The van der Waals surface area contributed by atoms with Crippen molar-refractivity contribution in [2.75, 3.05) is 26.2 Å². The minimum atomic E-state index is 0.785. The normalized spacial score (nSPS) is 31.4. The molecule has 0 aromatic carbocycles. The summed E-state index contributed by atoms with van der Waals surface area (Å²) in [6, 6.07) is 0.785. The van der Waals surface area contributed by atoms with E-state index in [1.54, 1.807) is 0 Å². The highest BCUT2D eigenvalue weighted by Gasteiger charge is 2.28. The molecule has 2 aliphatic rings. The molecule has 1 N–H and O–H groups in total. The molecule has 2 saturated heterocycles. The summed E-state index contributed by atoms with van der Waals surface area (Å²) in [6.07, 6.45) is 7.03. The van der Waals surface area contributed by atoms with E-state index in [0.717, 1.165) is 35.6 Å². The first-order chi connectivity index (χ1) is 10.5. The third kappa shape index (κ3) is 4.96. The highest BCUT2D eigenvalue weighted by Crippen LogP contribution is 2.31. The summed E-state index contributed by atoms with van der Waals surface area (Å²) in [5.41, 5.74) is 0. The van der Waals surface area contributed by atoms with Gasteiger partial charge in [0, 0.05) is 6.04 Å². The molecular formula is C20H40N2. The lowest BCUT2D eigenvalue weighted by molar-refractivity contribution is 0.107. The molecule has 0 saturated carbocycles. The van der Waals surface area contributed by atoms with Gasteiger partial charge in [0.1, 0.15) is 0 Å². The molecule has 0 amide bonds. The summed E-state index contributed by atoms with van der Waals surface area (Å²) in [7, 11) is 0. The van der Waals surface area contributed by atoms with E-state index < -0.39 is 0 Å². The summed E-state index contributed by atoms with van der Waals surface area (Å²) in [6.45, 7) is 17.3. The summed E-state index contributed by atoms with van der Waals surface area (Å²) in [4.78, 5) is 2.76. The van der Waals surface area contributed by atoms with Gasteiger partial charge in [0.05, 0.1) is 0 Å². The van der Waals surface area contributed by atoms with Crippen LogP contribution in [0.25, 0.3) is 0 Å². The summed E-state index contributed by atoms with van der Waals surface area (Å²) in [5.74, 6) is 4.55. The van der Waals surface area contributed by atoms with Crippen molar-refractivity contribution in [3.63, 3.8) is 0 Å². The lowest BCUT2D eigenvalue weighted by Crippen LogP contribution is -2.41. The van der Waals surface area contributed by atoms with Crippen molar-refractivity contribution < 1.29 is 0 Å². The average molecular weight is 309 g/mol. The van der Waals surface area contributed by atoms with Crippen LogP contribution in [0.4, 0.5) is 0 Å². The monoisotopic (exact) mass is 308 g/mol. The molecule has 2 nitrogen and oxygen atoms in total. The Morgan fingerprint density at radius 3 is 2.27 bits per heavy atom. The van der Waals surface area contributed by atoms with E-state index >= 15 is 0 Å². The van der Waals surface area contributed by atoms with E-state index in [2.05, 4.69) is 44.8 Å². The quantitative estimate of drug-likeness (QED) is 0.782. The molecule has 2 heterocycles. The average Bonchev–Trinajstić information content (AvgIpc) is 2.52. The number of nitrogens with one attached hydrogen (secondary N) is 1. The predicted molar refractivity (Wildman–Crippen MR) is 97.1 cm³/mol. The minimum Gasteiger partial charge on any atom is -0.316 e. The number of hydrogen-bond donors (Lipinski definition) is 1. The third-order valence-corrected chi connectivity index (χ3v) is 6.76. The number of piperidine rings is 2. The van der Waals surface area contributed by atoms with Crippen molar-refractivity contribution in [1.82, 2.24) is 10.2 Å². The zero-order valence-corrected chi connectivity index (χ0v) is 15.8. The molecule has 4 unspecified atom stereocenters. The lowest BCUT2D eigenvalue weighted by atomic mass is 9.76. The number of nitrogens with zero attached hydrogens (tertiary/aromatic N) is 1. The first-order valence-corrected chi connectivity index (χ1v) is 9.93. The molecule has 4 atom stereocenters. The van der Waals surface area contributed by atoms with Gasteiger partial charge in [0.25, 0.3) is 0 Å². The standard InChI is InChI=1S/C20H40N2/c1-15(2)19-9-12-22(13-10-19)18(5)7-6-16(3)20-8-11-21-14-17(20)4/h15-21H,6-14H2,1-5H3. The Hall–Kier alpha value is -0.0800. The Morgan fingerprint density at radius 1 is 1.00 bits per heavy atom. The Balaban J connectivity index is 1.70. The van der Waals surface area contributed by atoms with E-state index in [1.165, 1.54) is 58.3 Å². The third-order valence-electron chi connectivity index (χ3n) is 6.76. The molecule has 2 aliphatic heterocycles. The second-order valence-corrected chi connectivity index (χ2v) is 8.66. The molecule has 2 fully saturated rings. The van der Waals surface area contributed by atoms with Crippen molar-refractivity contribution in [3.05, 3.63) is 0 Å². The van der Waals surface area contributed by atoms with Crippen LogP contribution in [0.15, 0.2) is 0 Å². The van der Waals surface area contributed by atoms with Gasteiger partial charge in [0.15, 0.2) is 0 Å². The predicted octanol–water partition coefficient (Wildman–Crippen LogP) is 4.40. The fraction of sp³-hybridized carbons (Fsp3) is 1.00. The summed E-state index contributed by atoms with van der Waals surface area (Å²) in [5, 5.41) is 3.54.